The molecule has 1 fully saturated rings. The molecule has 0 amide bonds. The summed E-state index contributed by atoms with van der Waals surface area (Å²) in [6.07, 6.45) is 6.18. The molecule has 3 heterocycles. The van der Waals surface area contributed by atoms with Gasteiger partial charge in [0.05, 0.1) is 18.0 Å². The molecular formula is C16H24N4O. The van der Waals surface area contributed by atoms with Gasteiger partial charge in [0.15, 0.2) is 0 Å². The normalized spacial score (nSPS) is 19.0. The number of hydrogen-bond donors (Lipinski definition) is 1. The maximum Gasteiger partial charge on any atom is 0.122 e. The molecule has 0 saturated carbocycles. The Bertz CT molecular complexity index is 542. The molecule has 114 valence electrons. The third-order valence-corrected chi connectivity index (χ3v) is 4.37. The molecule has 2 unspecified atom stereocenters. The third-order valence-electron chi connectivity index (χ3n) is 4.37. The fraction of sp³-hybridized carbons (Fsp3) is 0.562. The smallest absolute Gasteiger partial charge is 0.122 e. The summed E-state index contributed by atoms with van der Waals surface area (Å²) in [6.45, 7) is 5.39. The van der Waals surface area contributed by atoms with Crippen LogP contribution in [0.4, 0.5) is 0 Å². The van der Waals surface area contributed by atoms with E-state index in [1.54, 1.807) is 6.26 Å². The molecule has 21 heavy (non-hydrogen) atoms. The summed E-state index contributed by atoms with van der Waals surface area (Å²) < 4.78 is 7.58. The van der Waals surface area contributed by atoms with Crippen molar-refractivity contribution in [3.05, 3.63) is 42.1 Å². The first kappa shape index (κ1) is 14.4. The monoisotopic (exact) mass is 288 g/mol. The van der Waals surface area contributed by atoms with E-state index >= 15 is 0 Å². The lowest BCUT2D eigenvalue weighted by molar-refractivity contribution is 0.205. The maximum atomic E-state index is 5.66. The zero-order chi connectivity index (χ0) is 14.7. The second-order valence-electron chi connectivity index (χ2n) is 5.78. The lowest BCUT2D eigenvalue weighted by atomic mass is 10.1. The first-order valence-electron chi connectivity index (χ1n) is 7.74. The molecule has 2 atom stereocenters. The van der Waals surface area contributed by atoms with Gasteiger partial charge in [-0.25, -0.2) is 0 Å². The minimum absolute atomic E-state index is 0.276. The molecule has 5 nitrogen and oxygen atoms in total. The van der Waals surface area contributed by atoms with Gasteiger partial charge in [-0.15, -0.1) is 0 Å². The number of furan rings is 1. The minimum atomic E-state index is 0.276. The Balaban J connectivity index is 1.66. The zero-order valence-corrected chi connectivity index (χ0v) is 12.8. The second-order valence-corrected chi connectivity index (χ2v) is 5.78. The van der Waals surface area contributed by atoms with Crippen molar-refractivity contribution >= 4 is 0 Å². The van der Waals surface area contributed by atoms with Crippen molar-refractivity contribution in [3.63, 3.8) is 0 Å². The van der Waals surface area contributed by atoms with Crippen LogP contribution in [0.3, 0.4) is 0 Å². The van der Waals surface area contributed by atoms with E-state index in [0.29, 0.717) is 6.04 Å². The average molecular weight is 288 g/mol. The van der Waals surface area contributed by atoms with E-state index < -0.39 is 0 Å². The van der Waals surface area contributed by atoms with Gasteiger partial charge in [-0.1, -0.05) is 0 Å². The van der Waals surface area contributed by atoms with Crippen LogP contribution in [-0.4, -0.2) is 34.3 Å². The first-order chi connectivity index (χ1) is 10.3. The number of nitrogens with zero attached hydrogens (tertiary/aromatic N) is 3. The average Bonchev–Trinajstić information content (AvgIpc) is 3.21. The molecule has 0 aliphatic carbocycles. The van der Waals surface area contributed by atoms with Crippen LogP contribution in [0.1, 0.15) is 43.3 Å². The van der Waals surface area contributed by atoms with Crippen molar-refractivity contribution in [1.82, 2.24) is 20.0 Å². The summed E-state index contributed by atoms with van der Waals surface area (Å²) in [5.74, 6) is 1.06. The van der Waals surface area contributed by atoms with Crippen molar-refractivity contribution in [1.29, 1.82) is 0 Å². The van der Waals surface area contributed by atoms with Crippen LogP contribution in [0.2, 0.25) is 0 Å². The van der Waals surface area contributed by atoms with Gasteiger partial charge < -0.3 is 9.73 Å². The Hall–Kier alpha value is -1.59. The molecule has 0 spiro atoms. The van der Waals surface area contributed by atoms with E-state index in [-0.39, 0.29) is 6.04 Å². The number of rotatable bonds is 6. The van der Waals surface area contributed by atoms with E-state index in [4.69, 9.17) is 4.42 Å². The number of likely N-dealkylation sites (tertiary alicyclic amines) is 1. The molecule has 5 heteroatoms. The lowest BCUT2D eigenvalue weighted by Gasteiger charge is -2.27. The van der Waals surface area contributed by atoms with E-state index in [9.17, 15) is 0 Å². The zero-order valence-electron chi connectivity index (χ0n) is 12.8. The van der Waals surface area contributed by atoms with Gasteiger partial charge >= 0.3 is 0 Å². The van der Waals surface area contributed by atoms with Gasteiger partial charge in [0.2, 0.25) is 0 Å². The molecule has 1 N–H and O–H groups in total. The number of hydrogen-bond acceptors (Lipinski definition) is 4. The molecule has 0 radical (unpaired) electrons. The summed E-state index contributed by atoms with van der Waals surface area (Å²) in [5.41, 5.74) is 1.20. The summed E-state index contributed by atoms with van der Waals surface area (Å²) in [4.78, 5) is 2.52. The highest BCUT2D eigenvalue weighted by Crippen LogP contribution is 2.25. The first-order valence-corrected chi connectivity index (χ1v) is 7.74. The van der Waals surface area contributed by atoms with Gasteiger partial charge in [-0.05, 0) is 51.1 Å². The molecule has 0 aromatic carbocycles. The predicted octanol–water partition coefficient (Wildman–Crippen LogP) is 2.50. The quantitative estimate of drug-likeness (QED) is 0.887. The second kappa shape index (κ2) is 6.45. The standard InChI is InChI=1S/C16H24N4O/c1-13(14-7-8-18-19(14)2)17-12-15(16-6-5-11-21-16)20-9-3-4-10-20/h5-8,11,13,15,17H,3-4,9-10,12H2,1-2H3. The Morgan fingerprint density at radius 1 is 1.33 bits per heavy atom. The third kappa shape index (κ3) is 3.19. The predicted molar refractivity (Wildman–Crippen MR) is 81.9 cm³/mol. The summed E-state index contributed by atoms with van der Waals surface area (Å²) >= 11 is 0. The van der Waals surface area contributed by atoms with E-state index in [1.165, 1.54) is 18.5 Å². The SMILES string of the molecule is CC(NCC(c1ccco1)N1CCCC1)c1ccnn1C. The largest absolute Gasteiger partial charge is 0.468 e. The van der Waals surface area contributed by atoms with Crippen LogP contribution in [0.5, 0.6) is 0 Å². The summed E-state index contributed by atoms with van der Waals surface area (Å²) in [7, 11) is 1.98. The summed E-state index contributed by atoms with van der Waals surface area (Å²) in [5, 5.41) is 7.87. The van der Waals surface area contributed by atoms with Crippen molar-refractivity contribution in [3.8, 4) is 0 Å². The van der Waals surface area contributed by atoms with E-state index in [1.807, 2.05) is 24.0 Å². The Labute approximate surface area is 125 Å². The lowest BCUT2D eigenvalue weighted by Crippen LogP contribution is -2.35. The van der Waals surface area contributed by atoms with Crippen LogP contribution in [0.25, 0.3) is 0 Å². The van der Waals surface area contributed by atoms with E-state index in [2.05, 4.69) is 34.4 Å². The number of nitrogens with one attached hydrogen (secondary N) is 1. The molecule has 1 saturated heterocycles. The van der Waals surface area contributed by atoms with Gasteiger partial charge in [-0.2, -0.15) is 5.10 Å². The fourth-order valence-electron chi connectivity index (χ4n) is 3.15. The van der Waals surface area contributed by atoms with Gasteiger partial charge in [0, 0.05) is 25.8 Å². The Kier molecular flexibility index (Phi) is 4.41. The molecule has 2 aromatic heterocycles. The summed E-state index contributed by atoms with van der Waals surface area (Å²) in [6, 6.07) is 6.72. The highest BCUT2D eigenvalue weighted by molar-refractivity contribution is 5.08. The minimum Gasteiger partial charge on any atom is -0.468 e. The highest BCUT2D eigenvalue weighted by atomic mass is 16.3. The van der Waals surface area contributed by atoms with Crippen molar-refractivity contribution in [2.75, 3.05) is 19.6 Å². The van der Waals surface area contributed by atoms with Crippen LogP contribution < -0.4 is 5.32 Å². The molecule has 2 aromatic rings. The molecule has 0 bridgehead atoms. The van der Waals surface area contributed by atoms with Crippen LogP contribution in [-0.2, 0) is 7.05 Å². The Morgan fingerprint density at radius 3 is 2.76 bits per heavy atom. The fourth-order valence-corrected chi connectivity index (χ4v) is 3.15. The van der Waals surface area contributed by atoms with E-state index in [0.717, 1.165) is 25.4 Å². The topological polar surface area (TPSA) is 46.2 Å². The van der Waals surface area contributed by atoms with Crippen molar-refractivity contribution in [2.45, 2.75) is 31.8 Å². The van der Waals surface area contributed by atoms with Gasteiger partial charge in [0.1, 0.15) is 5.76 Å². The number of aromatic nitrogens is 2. The molecular weight excluding hydrogens is 264 g/mol. The van der Waals surface area contributed by atoms with Gasteiger partial charge in [-0.3, -0.25) is 9.58 Å². The van der Waals surface area contributed by atoms with Gasteiger partial charge in [0.25, 0.3) is 0 Å². The maximum absolute atomic E-state index is 5.66. The van der Waals surface area contributed by atoms with Crippen LogP contribution in [0.15, 0.2) is 35.1 Å². The van der Waals surface area contributed by atoms with Crippen molar-refractivity contribution in [2.24, 2.45) is 7.05 Å². The Morgan fingerprint density at radius 2 is 2.14 bits per heavy atom. The van der Waals surface area contributed by atoms with Crippen molar-refractivity contribution < 1.29 is 4.42 Å². The molecule has 1 aliphatic rings. The molecule has 1 aliphatic heterocycles. The van der Waals surface area contributed by atoms with Crippen LogP contribution >= 0.6 is 0 Å². The molecule has 3 rings (SSSR count). The highest BCUT2D eigenvalue weighted by Gasteiger charge is 2.26. The van der Waals surface area contributed by atoms with Crippen LogP contribution in [0, 0.1) is 0 Å². The number of aryl methyl sites for hydroxylation is 1.